The molecule has 238 valence electrons. The smallest absolute Gasteiger partial charge is 0.411 e. The monoisotopic (exact) mass is 646 g/mol. The minimum absolute atomic E-state index is 0.103. The minimum Gasteiger partial charge on any atom is -0.493 e. The predicted octanol–water partition coefficient (Wildman–Crippen LogP) is 7.03. The van der Waals surface area contributed by atoms with Gasteiger partial charge in [-0.2, -0.15) is 0 Å². The molecule has 0 radical (unpaired) electrons. The van der Waals surface area contributed by atoms with E-state index in [4.69, 9.17) is 30.5 Å². The molecule has 2 N–H and O–H groups in total. The number of H-pyrrole nitrogens is 1. The maximum Gasteiger partial charge on any atom is 0.411 e. The van der Waals surface area contributed by atoms with Crippen LogP contribution < -0.4 is 19.5 Å². The number of anilines is 1. The Morgan fingerprint density at radius 3 is 2.48 bits per heavy atom. The number of fused-ring (bicyclic) bond motifs is 4. The van der Waals surface area contributed by atoms with E-state index in [1.54, 1.807) is 25.2 Å². The lowest BCUT2D eigenvalue weighted by molar-refractivity contribution is -0.392. The molecule has 2 aromatic heterocycles. The number of hydrogen-bond donors (Lipinski definition) is 2. The van der Waals surface area contributed by atoms with Crippen molar-refractivity contribution < 1.29 is 33.5 Å². The van der Waals surface area contributed by atoms with Gasteiger partial charge in [0.2, 0.25) is 5.75 Å². The second-order valence-corrected chi connectivity index (χ2v) is 11.3. The summed E-state index contributed by atoms with van der Waals surface area (Å²) < 4.78 is 23.4. The molecule has 12 nitrogen and oxygen atoms in total. The minimum atomic E-state index is -0.788. The van der Waals surface area contributed by atoms with Gasteiger partial charge in [-0.15, -0.1) is 11.6 Å². The van der Waals surface area contributed by atoms with Crippen molar-refractivity contribution in [1.29, 1.82) is 0 Å². The Kier molecular flexibility index (Phi) is 8.22. The van der Waals surface area contributed by atoms with E-state index in [0.29, 0.717) is 51.8 Å². The van der Waals surface area contributed by atoms with Crippen LogP contribution >= 0.6 is 11.6 Å². The fourth-order valence-electron chi connectivity index (χ4n) is 6.47. The van der Waals surface area contributed by atoms with E-state index >= 15 is 0 Å². The predicted molar refractivity (Wildman–Crippen MR) is 173 cm³/mol. The summed E-state index contributed by atoms with van der Waals surface area (Å²) in [5.41, 5.74) is 3.40. The van der Waals surface area contributed by atoms with E-state index in [1.807, 2.05) is 24.3 Å². The molecular weight excluding hydrogens is 616 g/mol. The number of carbonyl (C=O) groups excluding carboxylic acids is 2. The van der Waals surface area contributed by atoms with E-state index in [1.165, 1.54) is 38.2 Å². The van der Waals surface area contributed by atoms with E-state index < -0.39 is 16.9 Å². The van der Waals surface area contributed by atoms with Crippen molar-refractivity contribution in [1.82, 2.24) is 9.55 Å². The number of nitrogens with zero attached hydrogens (tertiary/aromatic N) is 2. The third-order valence-corrected chi connectivity index (χ3v) is 8.87. The third kappa shape index (κ3) is 5.14. The number of aromatic nitrogens is 2. The van der Waals surface area contributed by atoms with Crippen molar-refractivity contribution in [2.75, 3.05) is 32.5 Å². The van der Waals surface area contributed by atoms with Crippen LogP contribution in [0.1, 0.15) is 45.4 Å². The summed E-state index contributed by atoms with van der Waals surface area (Å²) in [6.07, 6.45) is 1.22. The average Bonchev–Trinajstić information content (AvgIpc) is 3.77. The zero-order chi connectivity index (χ0) is 32.7. The number of aryl methyl sites for hydroxylation is 1. The van der Waals surface area contributed by atoms with Gasteiger partial charge < -0.3 is 34.0 Å². The number of Topliss-reactive ketones (excluding diaryl/α,β-unsaturated/α-hetero) is 1. The van der Waals surface area contributed by atoms with Crippen LogP contribution in [-0.4, -0.2) is 53.6 Å². The fourth-order valence-corrected chi connectivity index (χ4v) is 6.75. The number of alkyl halides is 1. The maximum absolute atomic E-state index is 14.2. The van der Waals surface area contributed by atoms with Gasteiger partial charge in [0.1, 0.15) is 6.61 Å². The number of nitrogens with one attached hydrogen (secondary N) is 2. The van der Waals surface area contributed by atoms with Crippen LogP contribution in [0.15, 0.2) is 54.7 Å². The first-order valence-electron chi connectivity index (χ1n) is 14.4. The maximum atomic E-state index is 14.2. The number of amides is 1. The molecule has 0 saturated carbocycles. The normalized spacial score (nSPS) is 15.5. The van der Waals surface area contributed by atoms with E-state index in [2.05, 4.69) is 10.3 Å². The Balaban J connectivity index is 1.36. The van der Waals surface area contributed by atoms with Gasteiger partial charge in [-0.1, -0.05) is 24.3 Å². The number of ketones is 1. The molecule has 0 bridgehead atoms. The van der Waals surface area contributed by atoms with Crippen molar-refractivity contribution in [2.24, 2.45) is 7.05 Å². The van der Waals surface area contributed by atoms with Crippen LogP contribution in [0.2, 0.25) is 0 Å². The SMILES string of the molecule is COc1cc2cc(C(=O)C3CC(CCl)c4c3cc(NC(=O)OCc3ccn(C)c3[N+](=O)[O-])c3ccccc43)[nH]c2c(OC)c1OC. The molecule has 1 aliphatic rings. The summed E-state index contributed by atoms with van der Waals surface area (Å²) in [6.45, 7) is -0.291. The first kappa shape index (κ1) is 30.8. The van der Waals surface area contributed by atoms with Gasteiger partial charge in [-0.05, 0) is 58.0 Å². The number of halogens is 1. The first-order valence-corrected chi connectivity index (χ1v) is 14.9. The lowest BCUT2D eigenvalue weighted by Crippen LogP contribution is -2.15. The van der Waals surface area contributed by atoms with Crippen molar-refractivity contribution in [2.45, 2.75) is 24.9 Å². The van der Waals surface area contributed by atoms with Crippen molar-refractivity contribution in [3.63, 3.8) is 0 Å². The molecule has 1 amide bonds. The molecule has 46 heavy (non-hydrogen) atoms. The number of nitro groups is 1. The fraction of sp³-hybridized carbons (Fsp3) is 0.273. The van der Waals surface area contributed by atoms with Crippen LogP contribution in [0.25, 0.3) is 21.7 Å². The second kappa shape index (κ2) is 12.3. The highest BCUT2D eigenvalue weighted by Crippen LogP contribution is 2.50. The van der Waals surface area contributed by atoms with Crippen molar-refractivity contribution in [3.05, 3.63) is 87.2 Å². The number of ether oxygens (including phenoxy) is 4. The highest BCUT2D eigenvalue weighted by molar-refractivity contribution is 6.19. The Bertz CT molecular complexity index is 2020. The van der Waals surface area contributed by atoms with Gasteiger partial charge in [-0.25, -0.2) is 9.36 Å². The van der Waals surface area contributed by atoms with Crippen LogP contribution in [0.4, 0.5) is 16.3 Å². The summed E-state index contributed by atoms with van der Waals surface area (Å²) in [6, 6.07) is 14.4. The van der Waals surface area contributed by atoms with Gasteiger partial charge in [-0.3, -0.25) is 10.1 Å². The molecule has 2 atom stereocenters. The molecule has 0 spiro atoms. The van der Waals surface area contributed by atoms with E-state index in [0.717, 1.165) is 21.9 Å². The molecule has 5 aromatic rings. The van der Waals surface area contributed by atoms with Crippen molar-refractivity contribution in [3.8, 4) is 17.2 Å². The van der Waals surface area contributed by atoms with Gasteiger partial charge in [0.25, 0.3) is 0 Å². The summed E-state index contributed by atoms with van der Waals surface area (Å²) in [5.74, 6) is 0.625. The van der Waals surface area contributed by atoms with Gasteiger partial charge >= 0.3 is 11.9 Å². The lowest BCUT2D eigenvalue weighted by Gasteiger charge is -2.16. The molecular formula is C33H31ClN4O8. The molecule has 2 unspecified atom stereocenters. The quantitative estimate of drug-likeness (QED) is 0.0711. The van der Waals surface area contributed by atoms with Crippen LogP contribution in [0.3, 0.4) is 0 Å². The van der Waals surface area contributed by atoms with E-state index in [-0.39, 0.29) is 29.7 Å². The van der Waals surface area contributed by atoms with Gasteiger partial charge in [0, 0.05) is 22.6 Å². The highest BCUT2D eigenvalue weighted by atomic mass is 35.5. The number of aromatic amines is 1. The number of carbonyl (C=O) groups is 2. The summed E-state index contributed by atoms with van der Waals surface area (Å²) in [5, 5.41) is 16.6. The molecule has 13 heteroatoms. The van der Waals surface area contributed by atoms with Crippen LogP contribution in [0, 0.1) is 10.1 Å². The van der Waals surface area contributed by atoms with Crippen LogP contribution in [-0.2, 0) is 18.4 Å². The Labute approximate surface area is 268 Å². The highest BCUT2D eigenvalue weighted by Gasteiger charge is 2.38. The topological polar surface area (TPSA) is 147 Å². The Morgan fingerprint density at radius 1 is 1.07 bits per heavy atom. The zero-order valence-corrected chi connectivity index (χ0v) is 26.3. The zero-order valence-electron chi connectivity index (χ0n) is 25.5. The molecule has 6 rings (SSSR count). The van der Waals surface area contributed by atoms with E-state index in [9.17, 15) is 19.7 Å². The molecule has 2 heterocycles. The number of rotatable bonds is 10. The van der Waals surface area contributed by atoms with Crippen molar-refractivity contribution >= 4 is 56.7 Å². The molecule has 0 fully saturated rings. The number of methoxy groups -OCH3 is 3. The third-order valence-electron chi connectivity index (χ3n) is 8.50. The van der Waals surface area contributed by atoms with Gasteiger partial charge in [0.15, 0.2) is 17.3 Å². The molecule has 0 saturated heterocycles. The summed E-state index contributed by atoms with van der Waals surface area (Å²) in [7, 11) is 6.11. The largest absolute Gasteiger partial charge is 0.493 e. The van der Waals surface area contributed by atoms with Crippen LogP contribution in [0.5, 0.6) is 17.2 Å². The average molecular weight is 647 g/mol. The first-order chi connectivity index (χ1) is 22.2. The number of benzene rings is 3. The Hall–Kier alpha value is -5.23. The number of hydrogen-bond acceptors (Lipinski definition) is 8. The molecule has 1 aliphatic carbocycles. The molecule has 3 aromatic carbocycles. The standard InChI is InChI=1S/C33H31ClN4O8/c1-37-10-9-17(32(37)38(41)42)16-46-33(40)36-24-14-22-23(11-19(15-34)27(22)21-8-6-5-7-20(21)24)29(39)25-12-18-13-26(43-2)30(44-3)31(45-4)28(18)35-25/h5-10,12-14,19,23,35H,11,15-16H2,1-4H3,(H,36,40). The summed E-state index contributed by atoms with van der Waals surface area (Å²) >= 11 is 6.48. The second-order valence-electron chi connectivity index (χ2n) is 11.0. The molecule has 0 aliphatic heterocycles. The van der Waals surface area contributed by atoms with Gasteiger partial charge in [0.05, 0.1) is 57.0 Å². The lowest BCUT2D eigenvalue weighted by atomic mass is 9.91. The summed E-state index contributed by atoms with van der Waals surface area (Å²) in [4.78, 5) is 41.4. The Morgan fingerprint density at radius 2 is 1.80 bits per heavy atom.